The van der Waals surface area contributed by atoms with Gasteiger partial charge in [0.15, 0.2) is 18.4 Å². The lowest BCUT2D eigenvalue weighted by molar-refractivity contribution is -0.710. The highest BCUT2D eigenvalue weighted by atomic mass is 15.2. The number of benzene rings is 2. The predicted molar refractivity (Wildman–Crippen MR) is 115 cm³/mol. The second kappa shape index (κ2) is 8.70. The molecule has 0 radical (unpaired) electrons. The molecule has 28 heavy (non-hydrogen) atoms. The molecule has 2 aromatic carbocycles. The molecule has 144 valence electrons. The van der Waals surface area contributed by atoms with Crippen LogP contribution in [0.1, 0.15) is 61.4 Å². The Morgan fingerprint density at radius 1 is 0.750 bits per heavy atom. The highest BCUT2D eigenvalue weighted by Crippen LogP contribution is 2.31. The molecule has 0 bridgehead atoms. The summed E-state index contributed by atoms with van der Waals surface area (Å²) in [7, 11) is 0. The van der Waals surface area contributed by atoms with E-state index < -0.39 is 0 Å². The van der Waals surface area contributed by atoms with Crippen LogP contribution in [-0.2, 0) is 0 Å². The maximum Gasteiger partial charge on any atom is 0.180 e. The molecule has 2 atom stereocenters. The number of pyridine rings is 1. The zero-order chi connectivity index (χ0) is 19.3. The lowest BCUT2D eigenvalue weighted by atomic mass is 9.89. The van der Waals surface area contributed by atoms with Crippen molar-refractivity contribution in [3.8, 4) is 0 Å². The summed E-state index contributed by atoms with van der Waals surface area (Å²) < 4.78 is 2.31. The molecule has 0 aliphatic carbocycles. The van der Waals surface area contributed by atoms with E-state index in [1.165, 1.54) is 42.6 Å². The van der Waals surface area contributed by atoms with Crippen LogP contribution in [0, 0.1) is 0 Å². The Balaban J connectivity index is 1.37. The first kappa shape index (κ1) is 18.9. The molecule has 1 aromatic heterocycles. The molecule has 1 fully saturated rings. The Labute approximate surface area is 169 Å². The van der Waals surface area contributed by atoms with Crippen molar-refractivity contribution in [3.05, 3.63) is 102 Å². The average molecular weight is 372 g/mol. The summed E-state index contributed by atoms with van der Waals surface area (Å²) in [6, 6.07) is 27.2. The van der Waals surface area contributed by atoms with Crippen molar-refractivity contribution in [1.29, 1.82) is 0 Å². The highest BCUT2D eigenvalue weighted by molar-refractivity contribution is 5.20. The van der Waals surface area contributed by atoms with Crippen LogP contribution in [0.5, 0.6) is 0 Å². The van der Waals surface area contributed by atoms with Gasteiger partial charge in [0, 0.05) is 30.7 Å². The molecule has 1 aliphatic heterocycles. The van der Waals surface area contributed by atoms with Crippen molar-refractivity contribution in [2.24, 2.45) is 0 Å². The predicted octanol–water partition coefficient (Wildman–Crippen LogP) is 5.52. The van der Waals surface area contributed by atoms with E-state index in [4.69, 9.17) is 0 Å². The molecule has 2 nitrogen and oxygen atoms in total. The second-order valence-electron chi connectivity index (χ2n) is 8.06. The monoisotopic (exact) mass is 371 g/mol. The van der Waals surface area contributed by atoms with Gasteiger partial charge in [-0.3, -0.25) is 4.90 Å². The maximum absolute atomic E-state index is 2.63. The van der Waals surface area contributed by atoms with Crippen LogP contribution in [0.4, 0.5) is 0 Å². The third-order valence-corrected chi connectivity index (χ3v) is 6.44. The van der Waals surface area contributed by atoms with Gasteiger partial charge in [-0.2, -0.15) is 4.57 Å². The number of aromatic nitrogens is 1. The molecule has 2 heterocycles. The van der Waals surface area contributed by atoms with E-state index in [-0.39, 0.29) is 0 Å². The summed E-state index contributed by atoms with van der Waals surface area (Å²) in [6.07, 6.45) is 7.00. The summed E-state index contributed by atoms with van der Waals surface area (Å²) in [5.41, 5.74) is 4.27. The molecular formula is C26H31N2+. The number of nitrogens with zero attached hydrogens (tertiary/aromatic N) is 2. The van der Waals surface area contributed by atoms with Crippen LogP contribution in [0.25, 0.3) is 0 Å². The fourth-order valence-corrected chi connectivity index (χ4v) is 4.45. The van der Waals surface area contributed by atoms with Crippen molar-refractivity contribution in [2.75, 3.05) is 13.1 Å². The van der Waals surface area contributed by atoms with Gasteiger partial charge in [-0.25, -0.2) is 0 Å². The first-order chi connectivity index (χ1) is 13.7. The first-order valence-electron chi connectivity index (χ1n) is 10.6. The molecule has 0 spiro atoms. The van der Waals surface area contributed by atoms with E-state index >= 15 is 0 Å². The van der Waals surface area contributed by atoms with Crippen molar-refractivity contribution in [1.82, 2.24) is 4.90 Å². The summed E-state index contributed by atoms with van der Waals surface area (Å²) in [6.45, 7) is 6.95. The highest BCUT2D eigenvalue weighted by Gasteiger charge is 2.25. The fourth-order valence-electron chi connectivity index (χ4n) is 4.45. The largest absolute Gasteiger partial charge is 0.297 e. The smallest absolute Gasteiger partial charge is 0.180 e. The fraction of sp³-hybridized carbons (Fsp3) is 0.346. The van der Waals surface area contributed by atoms with Crippen LogP contribution < -0.4 is 4.57 Å². The van der Waals surface area contributed by atoms with E-state index in [9.17, 15) is 0 Å². The SMILES string of the molecule is CC(c1ccccc1)N1CCC(c2cc[n+](C(C)c3ccccc3)cc2)CC1. The van der Waals surface area contributed by atoms with Gasteiger partial charge in [-0.1, -0.05) is 60.7 Å². The molecular weight excluding hydrogens is 340 g/mol. The minimum absolute atomic E-state index is 0.365. The van der Waals surface area contributed by atoms with E-state index in [2.05, 4.69) is 109 Å². The Hall–Kier alpha value is -2.45. The number of likely N-dealkylation sites (tertiary alicyclic amines) is 1. The zero-order valence-electron chi connectivity index (χ0n) is 17.0. The lowest BCUT2D eigenvalue weighted by Crippen LogP contribution is -2.38. The van der Waals surface area contributed by atoms with Gasteiger partial charge >= 0.3 is 0 Å². The Bertz CT molecular complexity index is 850. The van der Waals surface area contributed by atoms with E-state index in [1.807, 2.05) is 0 Å². The van der Waals surface area contributed by atoms with Gasteiger partial charge in [0.05, 0.1) is 0 Å². The van der Waals surface area contributed by atoms with Crippen LogP contribution in [0.3, 0.4) is 0 Å². The topological polar surface area (TPSA) is 7.12 Å². The van der Waals surface area contributed by atoms with E-state index in [0.29, 0.717) is 18.0 Å². The van der Waals surface area contributed by atoms with Gasteiger partial charge in [0.2, 0.25) is 0 Å². The average Bonchev–Trinajstić information content (AvgIpc) is 2.79. The standard InChI is InChI=1S/C26H31N2/c1-21(23-9-5-3-6-10-23)27-17-13-25(14-18-27)26-15-19-28(20-16-26)22(2)24-11-7-4-8-12-24/h3-14,17-18,21-22,26H,15-16,19-20H2,1-2H3/q+1. The second-order valence-corrected chi connectivity index (χ2v) is 8.06. The zero-order valence-corrected chi connectivity index (χ0v) is 17.0. The van der Waals surface area contributed by atoms with Crippen molar-refractivity contribution < 1.29 is 4.57 Å². The summed E-state index contributed by atoms with van der Waals surface area (Å²) in [5, 5.41) is 0. The van der Waals surface area contributed by atoms with E-state index in [1.54, 1.807) is 0 Å². The number of rotatable bonds is 5. The molecule has 2 unspecified atom stereocenters. The van der Waals surface area contributed by atoms with Gasteiger partial charge in [0.25, 0.3) is 0 Å². The lowest BCUT2D eigenvalue weighted by Gasteiger charge is -2.36. The Morgan fingerprint density at radius 2 is 1.29 bits per heavy atom. The maximum atomic E-state index is 2.63. The quantitative estimate of drug-likeness (QED) is 0.535. The van der Waals surface area contributed by atoms with Gasteiger partial charge in [-0.05, 0) is 49.9 Å². The Morgan fingerprint density at radius 3 is 1.86 bits per heavy atom. The normalized spacial score (nSPS) is 17.9. The van der Waals surface area contributed by atoms with Gasteiger partial charge in [0.1, 0.15) is 0 Å². The molecule has 1 saturated heterocycles. The third kappa shape index (κ3) is 4.18. The molecule has 0 saturated carbocycles. The van der Waals surface area contributed by atoms with Gasteiger partial charge in [-0.15, -0.1) is 0 Å². The summed E-state index contributed by atoms with van der Waals surface area (Å²) in [5.74, 6) is 0.681. The molecule has 0 N–H and O–H groups in total. The Kier molecular flexibility index (Phi) is 5.87. The van der Waals surface area contributed by atoms with Crippen molar-refractivity contribution in [3.63, 3.8) is 0 Å². The van der Waals surface area contributed by atoms with Crippen molar-refractivity contribution >= 4 is 0 Å². The molecule has 0 amide bonds. The van der Waals surface area contributed by atoms with Crippen molar-refractivity contribution in [2.45, 2.75) is 44.7 Å². The third-order valence-electron chi connectivity index (χ3n) is 6.44. The van der Waals surface area contributed by atoms with E-state index in [0.717, 1.165) is 0 Å². The summed E-state index contributed by atoms with van der Waals surface area (Å²) in [4.78, 5) is 2.63. The number of hydrogen-bond donors (Lipinski definition) is 0. The molecule has 3 aromatic rings. The minimum atomic E-state index is 0.365. The van der Waals surface area contributed by atoms with Crippen LogP contribution >= 0.6 is 0 Å². The molecule has 4 rings (SSSR count). The van der Waals surface area contributed by atoms with Crippen LogP contribution in [0.15, 0.2) is 85.2 Å². The van der Waals surface area contributed by atoms with Gasteiger partial charge < -0.3 is 0 Å². The molecule has 2 heteroatoms. The minimum Gasteiger partial charge on any atom is -0.297 e. The summed E-state index contributed by atoms with van der Waals surface area (Å²) >= 11 is 0. The number of hydrogen-bond acceptors (Lipinski definition) is 1. The van der Waals surface area contributed by atoms with Crippen LogP contribution in [-0.4, -0.2) is 18.0 Å². The molecule has 1 aliphatic rings. The number of piperidine rings is 1. The van der Waals surface area contributed by atoms with Crippen LogP contribution in [0.2, 0.25) is 0 Å². The first-order valence-corrected chi connectivity index (χ1v) is 10.6.